The number of rotatable bonds is 8. The summed E-state index contributed by atoms with van der Waals surface area (Å²) in [6.07, 6.45) is 7.54. The molecule has 1 N–H and O–H groups in total. The lowest BCUT2D eigenvalue weighted by atomic mass is 9.91. The lowest BCUT2D eigenvalue weighted by Gasteiger charge is -2.15. The van der Waals surface area contributed by atoms with Crippen LogP contribution in [0, 0.1) is 12.3 Å². The minimum absolute atomic E-state index is 0.101. The first kappa shape index (κ1) is 23.1. The Balaban J connectivity index is 1.24. The minimum Gasteiger partial charge on any atom is -0.445 e. The highest BCUT2D eigenvalue weighted by Gasteiger charge is 2.18. The molecule has 0 unspecified atom stereocenters. The Labute approximate surface area is 198 Å². The molecule has 1 aliphatic rings. The number of benzene rings is 1. The number of hydrogen-bond donors (Lipinski definition) is 1. The van der Waals surface area contributed by atoms with Gasteiger partial charge >= 0.3 is 0 Å². The second-order valence-electron chi connectivity index (χ2n) is 9.36. The number of allylic oxidation sites excluding steroid dienone is 3. The van der Waals surface area contributed by atoms with Crippen molar-refractivity contribution < 1.29 is 13.6 Å². The van der Waals surface area contributed by atoms with E-state index in [1.165, 1.54) is 4.91 Å². The molecule has 1 aromatic carbocycles. The number of aromatic nitrogens is 2. The Bertz CT molecular complexity index is 1180. The van der Waals surface area contributed by atoms with Crippen molar-refractivity contribution in [3.63, 3.8) is 0 Å². The van der Waals surface area contributed by atoms with E-state index in [9.17, 15) is 4.79 Å². The van der Waals surface area contributed by atoms with Crippen molar-refractivity contribution in [1.82, 2.24) is 15.3 Å². The lowest BCUT2D eigenvalue weighted by molar-refractivity contribution is -0.119. The number of carbonyl (C=O) groups is 1. The molecule has 3 aromatic rings. The van der Waals surface area contributed by atoms with Gasteiger partial charge in [-0.15, -0.1) is 11.8 Å². The first-order valence-electron chi connectivity index (χ1n) is 11.0. The summed E-state index contributed by atoms with van der Waals surface area (Å²) in [7, 11) is 0. The normalized spacial score (nSPS) is 13.7. The van der Waals surface area contributed by atoms with Gasteiger partial charge in [0.15, 0.2) is 0 Å². The Kier molecular flexibility index (Phi) is 6.88. The molecule has 6 nitrogen and oxygen atoms in total. The van der Waals surface area contributed by atoms with Crippen molar-refractivity contribution in [2.24, 2.45) is 5.41 Å². The number of amides is 1. The van der Waals surface area contributed by atoms with Gasteiger partial charge in [-0.25, -0.2) is 9.97 Å². The molecule has 0 bridgehead atoms. The van der Waals surface area contributed by atoms with Crippen LogP contribution in [0.15, 0.2) is 68.1 Å². The average molecular weight is 464 g/mol. The molecule has 2 aromatic heterocycles. The maximum absolute atomic E-state index is 12.6. The third-order valence-electron chi connectivity index (χ3n) is 5.06. The maximum atomic E-state index is 12.6. The Morgan fingerprint density at radius 1 is 1.15 bits per heavy atom. The molecule has 1 amide bonds. The predicted molar refractivity (Wildman–Crippen MR) is 130 cm³/mol. The maximum Gasteiger partial charge on any atom is 0.230 e. The topological polar surface area (TPSA) is 81.2 Å². The molecule has 0 radical (unpaired) electrons. The standard InChI is InChI=1S/C26H29N3O3S/c1-17-22(29-25(31-17)18-8-6-5-7-9-18)13-23(30)28-19-10-11-21(12-19)33-16-24-27-15-20(32-24)14-26(2,3)4/h5-11,15H,12-14,16H2,1-4H3,(H,28,30). The Morgan fingerprint density at radius 3 is 2.70 bits per heavy atom. The number of aryl methyl sites for hydroxylation is 1. The van der Waals surface area contributed by atoms with Crippen molar-refractivity contribution in [2.75, 3.05) is 0 Å². The molecule has 0 aliphatic heterocycles. The van der Waals surface area contributed by atoms with E-state index >= 15 is 0 Å². The fourth-order valence-electron chi connectivity index (χ4n) is 3.53. The van der Waals surface area contributed by atoms with E-state index in [0.29, 0.717) is 29.5 Å². The number of nitrogens with zero attached hydrogens (tertiary/aromatic N) is 2. The van der Waals surface area contributed by atoms with Gasteiger partial charge in [-0.2, -0.15) is 0 Å². The molecule has 0 saturated carbocycles. The summed E-state index contributed by atoms with van der Waals surface area (Å²) in [4.78, 5) is 22.7. The van der Waals surface area contributed by atoms with Crippen molar-refractivity contribution in [2.45, 2.75) is 52.7 Å². The van der Waals surface area contributed by atoms with Crippen LogP contribution in [0.2, 0.25) is 0 Å². The number of hydrogen-bond acceptors (Lipinski definition) is 6. The Hall–Kier alpha value is -3.06. The number of nitrogens with one attached hydrogen (secondary N) is 1. The Morgan fingerprint density at radius 2 is 1.94 bits per heavy atom. The molecular formula is C26H29N3O3S. The van der Waals surface area contributed by atoms with E-state index in [1.807, 2.05) is 55.6 Å². The van der Waals surface area contributed by atoms with Crippen LogP contribution in [-0.4, -0.2) is 15.9 Å². The molecule has 172 valence electrons. The van der Waals surface area contributed by atoms with Crippen LogP contribution in [0.25, 0.3) is 11.5 Å². The third-order valence-corrected chi connectivity index (χ3v) is 6.11. The highest BCUT2D eigenvalue weighted by atomic mass is 32.2. The lowest BCUT2D eigenvalue weighted by Crippen LogP contribution is -2.24. The van der Waals surface area contributed by atoms with Gasteiger partial charge in [-0.05, 0) is 35.5 Å². The molecular weight excluding hydrogens is 434 g/mol. The van der Waals surface area contributed by atoms with Gasteiger partial charge in [0.05, 0.1) is 24.1 Å². The molecule has 0 spiro atoms. The summed E-state index contributed by atoms with van der Waals surface area (Å²) in [6.45, 7) is 8.38. The smallest absolute Gasteiger partial charge is 0.230 e. The zero-order valence-corrected chi connectivity index (χ0v) is 20.3. The minimum atomic E-state index is -0.101. The zero-order valence-electron chi connectivity index (χ0n) is 19.5. The molecule has 1 aliphatic carbocycles. The van der Waals surface area contributed by atoms with Crippen LogP contribution >= 0.6 is 11.8 Å². The van der Waals surface area contributed by atoms with Gasteiger partial charge in [-0.1, -0.05) is 45.0 Å². The largest absolute Gasteiger partial charge is 0.445 e. The van der Waals surface area contributed by atoms with Crippen LogP contribution < -0.4 is 5.32 Å². The second kappa shape index (κ2) is 9.83. The second-order valence-corrected chi connectivity index (χ2v) is 10.5. The summed E-state index contributed by atoms with van der Waals surface area (Å²) < 4.78 is 11.6. The molecule has 4 rings (SSSR count). The summed E-state index contributed by atoms with van der Waals surface area (Å²) >= 11 is 1.68. The molecule has 0 atom stereocenters. The fourth-order valence-corrected chi connectivity index (χ4v) is 4.39. The number of carbonyl (C=O) groups excluding carboxylic acids is 1. The van der Waals surface area contributed by atoms with Gasteiger partial charge in [0.1, 0.15) is 11.5 Å². The first-order valence-corrected chi connectivity index (χ1v) is 12.0. The van der Waals surface area contributed by atoms with Crippen LogP contribution in [-0.2, 0) is 23.4 Å². The average Bonchev–Trinajstić information content (AvgIpc) is 3.47. The van der Waals surface area contributed by atoms with Crippen molar-refractivity contribution in [3.8, 4) is 11.5 Å². The highest BCUT2D eigenvalue weighted by Crippen LogP contribution is 2.31. The third kappa shape index (κ3) is 6.48. The van der Waals surface area contributed by atoms with Crippen molar-refractivity contribution in [1.29, 1.82) is 0 Å². The molecule has 2 heterocycles. The van der Waals surface area contributed by atoms with Crippen LogP contribution in [0.5, 0.6) is 0 Å². The van der Waals surface area contributed by atoms with Gasteiger partial charge < -0.3 is 14.2 Å². The van der Waals surface area contributed by atoms with E-state index in [-0.39, 0.29) is 17.7 Å². The van der Waals surface area contributed by atoms with E-state index < -0.39 is 0 Å². The summed E-state index contributed by atoms with van der Waals surface area (Å²) in [5.41, 5.74) is 2.60. The van der Waals surface area contributed by atoms with Gasteiger partial charge in [0.2, 0.25) is 17.7 Å². The molecule has 33 heavy (non-hydrogen) atoms. The highest BCUT2D eigenvalue weighted by molar-refractivity contribution is 8.02. The van der Waals surface area contributed by atoms with E-state index in [0.717, 1.165) is 29.3 Å². The van der Waals surface area contributed by atoms with E-state index in [4.69, 9.17) is 8.83 Å². The zero-order chi connectivity index (χ0) is 23.4. The van der Waals surface area contributed by atoms with Crippen LogP contribution in [0.3, 0.4) is 0 Å². The monoisotopic (exact) mass is 463 g/mol. The molecule has 7 heteroatoms. The molecule has 0 fully saturated rings. The van der Waals surface area contributed by atoms with Gasteiger partial charge in [-0.3, -0.25) is 4.79 Å². The van der Waals surface area contributed by atoms with Gasteiger partial charge in [0, 0.05) is 24.1 Å². The quantitative estimate of drug-likeness (QED) is 0.442. The fraction of sp³-hybridized carbons (Fsp3) is 0.346. The van der Waals surface area contributed by atoms with Crippen LogP contribution in [0.4, 0.5) is 0 Å². The van der Waals surface area contributed by atoms with E-state index in [1.54, 1.807) is 11.8 Å². The SMILES string of the molecule is Cc1oc(-c2ccccc2)nc1CC(=O)NC1=CC=C(SCc2ncc(CC(C)(C)C)o2)C1. The van der Waals surface area contributed by atoms with Gasteiger partial charge in [0.25, 0.3) is 0 Å². The van der Waals surface area contributed by atoms with Crippen molar-refractivity contribution in [3.05, 3.63) is 82.4 Å². The summed E-state index contributed by atoms with van der Waals surface area (Å²) in [5, 5.41) is 3.00. The number of oxazole rings is 2. The first-order chi connectivity index (χ1) is 15.7. The van der Waals surface area contributed by atoms with Crippen LogP contribution in [0.1, 0.15) is 50.3 Å². The predicted octanol–water partition coefficient (Wildman–Crippen LogP) is 5.99. The summed E-state index contributed by atoms with van der Waals surface area (Å²) in [5.74, 6) is 3.42. The van der Waals surface area contributed by atoms with E-state index in [2.05, 4.69) is 36.1 Å². The molecule has 0 saturated heterocycles. The van der Waals surface area contributed by atoms with Crippen molar-refractivity contribution >= 4 is 17.7 Å². The summed E-state index contributed by atoms with van der Waals surface area (Å²) in [6, 6.07) is 9.69. The number of thioether (sulfide) groups is 1.